The number of amides is 1. The van der Waals surface area contributed by atoms with Crippen LogP contribution in [-0.4, -0.2) is 36.7 Å². The fourth-order valence-corrected chi connectivity index (χ4v) is 5.53. The maximum absolute atomic E-state index is 12.9. The van der Waals surface area contributed by atoms with E-state index in [9.17, 15) is 13.2 Å². The summed E-state index contributed by atoms with van der Waals surface area (Å²) in [6.45, 7) is 1.06. The predicted molar refractivity (Wildman–Crippen MR) is 115 cm³/mol. The second-order valence-electron chi connectivity index (χ2n) is 6.86. The molecule has 29 heavy (non-hydrogen) atoms. The number of piperidine rings is 1. The van der Waals surface area contributed by atoms with Crippen molar-refractivity contribution in [2.45, 2.75) is 24.2 Å². The average molecular weight is 428 g/mol. The van der Waals surface area contributed by atoms with Crippen LogP contribution >= 0.6 is 11.3 Å². The number of rotatable bonds is 5. The summed E-state index contributed by atoms with van der Waals surface area (Å²) in [5, 5.41) is 5.65. The van der Waals surface area contributed by atoms with Crippen LogP contribution in [0.2, 0.25) is 0 Å². The zero-order chi connectivity index (χ0) is 20.3. The lowest BCUT2D eigenvalue weighted by Crippen LogP contribution is -2.35. The summed E-state index contributed by atoms with van der Waals surface area (Å²) in [6, 6.07) is 13.6. The van der Waals surface area contributed by atoms with E-state index >= 15 is 0 Å². The maximum atomic E-state index is 12.9. The molecule has 1 aliphatic heterocycles. The third kappa shape index (κ3) is 4.39. The minimum atomic E-state index is -3.57. The van der Waals surface area contributed by atoms with Crippen molar-refractivity contribution < 1.29 is 13.2 Å². The number of sulfonamides is 1. The lowest BCUT2D eigenvalue weighted by molar-refractivity contribution is 0.102. The zero-order valence-electron chi connectivity index (χ0n) is 15.7. The van der Waals surface area contributed by atoms with Crippen LogP contribution in [-0.2, 0) is 10.0 Å². The molecule has 2 heterocycles. The Hall–Kier alpha value is -2.55. The van der Waals surface area contributed by atoms with E-state index in [0.29, 0.717) is 24.3 Å². The summed E-state index contributed by atoms with van der Waals surface area (Å²) in [6.07, 6.45) is 4.54. The SMILES string of the molecule is O=C(Nc1ccc(-c2nccs2)cc1)c1cccc(S(=O)(=O)N2CCCCC2)c1. The van der Waals surface area contributed by atoms with Crippen LogP contribution in [0.25, 0.3) is 10.6 Å². The van der Waals surface area contributed by atoms with E-state index in [1.807, 2.05) is 29.6 Å². The van der Waals surface area contributed by atoms with Crippen molar-refractivity contribution in [3.63, 3.8) is 0 Å². The molecule has 0 bridgehead atoms. The van der Waals surface area contributed by atoms with Gasteiger partial charge in [-0.2, -0.15) is 4.31 Å². The number of anilines is 1. The van der Waals surface area contributed by atoms with Crippen LogP contribution in [0.5, 0.6) is 0 Å². The van der Waals surface area contributed by atoms with Crippen LogP contribution in [0.3, 0.4) is 0 Å². The van der Waals surface area contributed by atoms with Gasteiger partial charge in [-0.1, -0.05) is 12.5 Å². The number of carbonyl (C=O) groups is 1. The van der Waals surface area contributed by atoms with Crippen molar-refractivity contribution in [2.75, 3.05) is 18.4 Å². The van der Waals surface area contributed by atoms with Gasteiger partial charge in [-0.15, -0.1) is 11.3 Å². The van der Waals surface area contributed by atoms with Gasteiger partial charge < -0.3 is 5.32 Å². The second kappa shape index (κ2) is 8.44. The van der Waals surface area contributed by atoms with Crippen LogP contribution in [0.15, 0.2) is 65.0 Å². The monoisotopic (exact) mass is 427 g/mol. The molecule has 0 unspecified atom stereocenters. The predicted octanol–water partition coefficient (Wildman–Crippen LogP) is 4.24. The average Bonchev–Trinajstić information content (AvgIpc) is 3.30. The van der Waals surface area contributed by atoms with Crippen LogP contribution in [0.4, 0.5) is 5.69 Å². The van der Waals surface area contributed by atoms with E-state index in [2.05, 4.69) is 10.3 Å². The largest absolute Gasteiger partial charge is 0.322 e. The maximum Gasteiger partial charge on any atom is 0.255 e. The van der Waals surface area contributed by atoms with E-state index < -0.39 is 10.0 Å². The Morgan fingerprint density at radius 1 is 1.03 bits per heavy atom. The van der Waals surface area contributed by atoms with Crippen molar-refractivity contribution in [1.29, 1.82) is 0 Å². The quantitative estimate of drug-likeness (QED) is 0.661. The molecule has 3 aromatic rings. The summed E-state index contributed by atoms with van der Waals surface area (Å²) in [5.41, 5.74) is 1.93. The molecule has 1 amide bonds. The number of hydrogen-bond acceptors (Lipinski definition) is 5. The molecule has 0 atom stereocenters. The van der Waals surface area contributed by atoms with Gasteiger partial charge >= 0.3 is 0 Å². The highest BCUT2D eigenvalue weighted by molar-refractivity contribution is 7.89. The van der Waals surface area contributed by atoms with Gasteiger partial charge in [0.1, 0.15) is 5.01 Å². The van der Waals surface area contributed by atoms with Gasteiger partial charge in [0.25, 0.3) is 5.91 Å². The molecule has 4 rings (SSSR count). The first-order valence-electron chi connectivity index (χ1n) is 9.45. The Morgan fingerprint density at radius 2 is 1.79 bits per heavy atom. The van der Waals surface area contributed by atoms with Gasteiger partial charge in [0.2, 0.25) is 10.0 Å². The van der Waals surface area contributed by atoms with Crippen molar-refractivity contribution in [1.82, 2.24) is 9.29 Å². The summed E-state index contributed by atoms with van der Waals surface area (Å²) in [7, 11) is -3.57. The molecule has 2 aromatic carbocycles. The van der Waals surface area contributed by atoms with Gasteiger partial charge in [0.05, 0.1) is 4.90 Å². The van der Waals surface area contributed by atoms with Crippen LogP contribution in [0.1, 0.15) is 29.6 Å². The molecule has 1 saturated heterocycles. The van der Waals surface area contributed by atoms with Gasteiger partial charge in [-0.3, -0.25) is 4.79 Å². The molecule has 0 aliphatic carbocycles. The number of nitrogens with zero attached hydrogens (tertiary/aromatic N) is 2. The first-order chi connectivity index (χ1) is 14.0. The number of aromatic nitrogens is 1. The van der Waals surface area contributed by atoms with E-state index in [0.717, 1.165) is 29.8 Å². The van der Waals surface area contributed by atoms with Crippen molar-refractivity contribution in [3.05, 3.63) is 65.7 Å². The Morgan fingerprint density at radius 3 is 2.48 bits per heavy atom. The summed E-state index contributed by atoms with van der Waals surface area (Å²) >= 11 is 1.55. The number of benzene rings is 2. The molecular formula is C21H21N3O3S2. The Kier molecular flexibility index (Phi) is 5.75. The Labute approximate surface area is 174 Å². The van der Waals surface area contributed by atoms with Crippen LogP contribution < -0.4 is 5.32 Å². The molecule has 1 aliphatic rings. The summed E-state index contributed by atoms with van der Waals surface area (Å²) in [5.74, 6) is -0.345. The lowest BCUT2D eigenvalue weighted by Gasteiger charge is -2.26. The van der Waals surface area contributed by atoms with Gasteiger partial charge in [0.15, 0.2) is 0 Å². The summed E-state index contributed by atoms with van der Waals surface area (Å²) in [4.78, 5) is 17.1. The van der Waals surface area contributed by atoms with Crippen molar-refractivity contribution in [3.8, 4) is 10.6 Å². The Balaban J connectivity index is 1.50. The molecule has 0 saturated carbocycles. The fraction of sp³-hybridized carbons (Fsp3) is 0.238. The van der Waals surface area contributed by atoms with E-state index in [4.69, 9.17) is 0 Å². The van der Waals surface area contributed by atoms with Crippen molar-refractivity contribution >= 4 is 33.0 Å². The molecule has 0 radical (unpaired) electrons. The minimum Gasteiger partial charge on any atom is -0.322 e. The third-order valence-corrected chi connectivity index (χ3v) is 7.59. The molecule has 1 fully saturated rings. The first-order valence-corrected chi connectivity index (χ1v) is 11.8. The normalized spacial score (nSPS) is 15.2. The highest BCUT2D eigenvalue weighted by Gasteiger charge is 2.26. The highest BCUT2D eigenvalue weighted by atomic mass is 32.2. The van der Waals surface area contributed by atoms with E-state index in [1.165, 1.54) is 10.4 Å². The minimum absolute atomic E-state index is 0.158. The number of thiazole rings is 1. The molecule has 0 spiro atoms. The summed E-state index contributed by atoms with van der Waals surface area (Å²) < 4.78 is 27.2. The van der Waals surface area contributed by atoms with Gasteiger partial charge in [0, 0.05) is 41.5 Å². The molecule has 1 N–H and O–H groups in total. The van der Waals surface area contributed by atoms with Gasteiger partial charge in [-0.05, 0) is 55.3 Å². The molecular weight excluding hydrogens is 406 g/mol. The zero-order valence-corrected chi connectivity index (χ0v) is 17.4. The van der Waals surface area contributed by atoms with Crippen molar-refractivity contribution in [2.24, 2.45) is 0 Å². The first kappa shape index (κ1) is 19.8. The number of nitrogens with one attached hydrogen (secondary N) is 1. The smallest absolute Gasteiger partial charge is 0.255 e. The molecule has 6 nitrogen and oxygen atoms in total. The van der Waals surface area contributed by atoms with Gasteiger partial charge in [-0.25, -0.2) is 13.4 Å². The highest BCUT2D eigenvalue weighted by Crippen LogP contribution is 2.24. The van der Waals surface area contributed by atoms with E-state index in [1.54, 1.807) is 35.7 Å². The molecule has 150 valence electrons. The van der Waals surface area contributed by atoms with E-state index in [-0.39, 0.29) is 10.8 Å². The molecule has 1 aromatic heterocycles. The number of hydrogen-bond donors (Lipinski definition) is 1. The standard InChI is InChI=1S/C21H21N3O3S2/c25-20(23-18-9-7-16(8-10-18)21-22-11-14-28-21)17-5-4-6-19(15-17)29(26,27)24-12-2-1-3-13-24/h4-11,14-15H,1-3,12-13H2,(H,23,25). The third-order valence-electron chi connectivity index (χ3n) is 4.87. The Bertz CT molecular complexity index is 1090. The topological polar surface area (TPSA) is 79.4 Å². The number of carbonyl (C=O) groups excluding carboxylic acids is 1. The fourth-order valence-electron chi connectivity index (χ4n) is 3.32. The molecule has 8 heteroatoms. The lowest BCUT2D eigenvalue weighted by atomic mass is 10.2. The second-order valence-corrected chi connectivity index (χ2v) is 9.69. The van der Waals surface area contributed by atoms with Crippen LogP contribution in [0, 0.1) is 0 Å².